The van der Waals surface area contributed by atoms with Crippen LogP contribution >= 0.6 is 0 Å². The van der Waals surface area contributed by atoms with Gasteiger partial charge in [0.1, 0.15) is 5.41 Å². The Balaban J connectivity index is 1.77. The SMILES string of the molecule is CCCCCCCC(CC)COC(=O)C1(COC)c2ccccc2-c2ccccc21. The molecule has 2 aromatic rings. The minimum Gasteiger partial charge on any atom is -0.464 e. The van der Waals surface area contributed by atoms with Crippen LogP contribution in [0.3, 0.4) is 0 Å². The number of carbonyl (C=O) groups excluding carboxylic acids is 1. The first-order chi connectivity index (χ1) is 14.7. The van der Waals surface area contributed by atoms with Gasteiger partial charge < -0.3 is 9.47 Å². The molecular weight excluding hydrogens is 372 g/mol. The highest BCUT2D eigenvalue weighted by atomic mass is 16.5. The lowest BCUT2D eigenvalue weighted by Crippen LogP contribution is -2.41. The van der Waals surface area contributed by atoms with Crippen LogP contribution in [-0.4, -0.2) is 26.3 Å². The summed E-state index contributed by atoms with van der Waals surface area (Å²) < 4.78 is 11.6. The maximum Gasteiger partial charge on any atom is 0.323 e. The molecule has 0 heterocycles. The van der Waals surface area contributed by atoms with Gasteiger partial charge in [-0.25, -0.2) is 0 Å². The zero-order valence-electron chi connectivity index (χ0n) is 18.8. The number of hydrogen-bond acceptors (Lipinski definition) is 3. The molecule has 0 bridgehead atoms. The number of methoxy groups -OCH3 is 1. The van der Waals surface area contributed by atoms with Crippen LogP contribution in [-0.2, 0) is 19.7 Å². The first-order valence-corrected chi connectivity index (χ1v) is 11.5. The lowest BCUT2D eigenvalue weighted by atomic mass is 9.79. The Labute approximate surface area is 181 Å². The minimum atomic E-state index is -0.888. The van der Waals surface area contributed by atoms with Crippen LogP contribution in [0.5, 0.6) is 0 Å². The second kappa shape index (κ2) is 10.8. The van der Waals surface area contributed by atoms with Gasteiger partial charge in [0.2, 0.25) is 0 Å². The highest BCUT2D eigenvalue weighted by Gasteiger charge is 2.50. The molecule has 3 nitrogen and oxygen atoms in total. The van der Waals surface area contributed by atoms with E-state index < -0.39 is 5.41 Å². The Morgan fingerprint density at radius 1 is 0.900 bits per heavy atom. The van der Waals surface area contributed by atoms with Gasteiger partial charge in [-0.3, -0.25) is 4.79 Å². The largest absolute Gasteiger partial charge is 0.464 e. The van der Waals surface area contributed by atoms with E-state index in [-0.39, 0.29) is 12.6 Å². The first-order valence-electron chi connectivity index (χ1n) is 11.5. The minimum absolute atomic E-state index is 0.189. The van der Waals surface area contributed by atoms with Crippen LogP contribution in [0.15, 0.2) is 48.5 Å². The number of unbranched alkanes of at least 4 members (excludes halogenated alkanes) is 4. The summed E-state index contributed by atoms with van der Waals surface area (Å²) in [5.74, 6) is 0.230. The van der Waals surface area contributed by atoms with Gasteiger partial charge in [-0.15, -0.1) is 0 Å². The van der Waals surface area contributed by atoms with E-state index in [4.69, 9.17) is 9.47 Å². The van der Waals surface area contributed by atoms with Crippen molar-refractivity contribution in [1.29, 1.82) is 0 Å². The predicted molar refractivity (Wildman–Crippen MR) is 123 cm³/mol. The van der Waals surface area contributed by atoms with E-state index >= 15 is 0 Å². The second-order valence-electron chi connectivity index (χ2n) is 8.51. The molecule has 0 radical (unpaired) electrons. The molecule has 3 heteroatoms. The van der Waals surface area contributed by atoms with E-state index in [1.54, 1.807) is 7.11 Å². The van der Waals surface area contributed by atoms with Crippen LogP contribution in [0.4, 0.5) is 0 Å². The molecule has 0 amide bonds. The van der Waals surface area contributed by atoms with E-state index in [0.717, 1.165) is 35.1 Å². The second-order valence-corrected chi connectivity index (χ2v) is 8.51. The highest BCUT2D eigenvalue weighted by molar-refractivity contribution is 5.98. The third kappa shape index (κ3) is 4.46. The average molecular weight is 409 g/mol. The van der Waals surface area contributed by atoms with Crippen molar-refractivity contribution in [1.82, 2.24) is 0 Å². The van der Waals surface area contributed by atoms with Crippen molar-refractivity contribution in [2.45, 2.75) is 64.2 Å². The normalized spacial score (nSPS) is 14.8. The fraction of sp³-hybridized carbons (Fsp3) is 0.519. The van der Waals surface area contributed by atoms with Crippen molar-refractivity contribution in [3.8, 4) is 11.1 Å². The first kappa shape index (κ1) is 22.6. The van der Waals surface area contributed by atoms with E-state index in [2.05, 4.69) is 26.0 Å². The molecule has 0 saturated heterocycles. The smallest absolute Gasteiger partial charge is 0.323 e. The molecule has 0 aliphatic heterocycles. The van der Waals surface area contributed by atoms with Gasteiger partial charge in [-0.1, -0.05) is 101 Å². The van der Waals surface area contributed by atoms with Crippen LogP contribution < -0.4 is 0 Å². The molecule has 0 spiro atoms. The molecule has 1 aliphatic rings. The molecule has 2 aromatic carbocycles. The quantitative estimate of drug-likeness (QED) is 0.296. The zero-order valence-corrected chi connectivity index (χ0v) is 18.8. The molecule has 0 fully saturated rings. The van der Waals surface area contributed by atoms with Crippen molar-refractivity contribution < 1.29 is 14.3 Å². The molecule has 3 rings (SSSR count). The van der Waals surface area contributed by atoms with Crippen LogP contribution in [0, 0.1) is 5.92 Å². The fourth-order valence-electron chi connectivity index (χ4n) is 4.73. The Hall–Kier alpha value is -2.13. The van der Waals surface area contributed by atoms with Gasteiger partial charge in [0.05, 0.1) is 13.2 Å². The molecule has 0 N–H and O–H groups in total. The molecule has 30 heavy (non-hydrogen) atoms. The lowest BCUT2D eigenvalue weighted by molar-refractivity contribution is -0.152. The van der Waals surface area contributed by atoms with Gasteiger partial charge in [-0.05, 0) is 34.6 Å². The lowest BCUT2D eigenvalue weighted by Gasteiger charge is -2.29. The number of hydrogen-bond donors (Lipinski definition) is 0. The third-order valence-electron chi connectivity index (χ3n) is 6.52. The third-order valence-corrected chi connectivity index (χ3v) is 6.52. The van der Waals surface area contributed by atoms with Crippen molar-refractivity contribution >= 4 is 5.97 Å². The van der Waals surface area contributed by atoms with Gasteiger partial charge in [-0.2, -0.15) is 0 Å². The van der Waals surface area contributed by atoms with Gasteiger partial charge in [0.15, 0.2) is 0 Å². The van der Waals surface area contributed by atoms with Crippen LogP contribution in [0.25, 0.3) is 11.1 Å². The predicted octanol–water partition coefficient (Wildman–Crippen LogP) is 6.53. The van der Waals surface area contributed by atoms with Gasteiger partial charge in [0, 0.05) is 7.11 Å². The summed E-state index contributed by atoms with van der Waals surface area (Å²) in [5, 5.41) is 0. The molecule has 1 aliphatic carbocycles. The van der Waals surface area contributed by atoms with Crippen molar-refractivity contribution in [2.24, 2.45) is 5.92 Å². The van der Waals surface area contributed by atoms with E-state index in [1.165, 1.54) is 32.1 Å². The number of esters is 1. The number of benzene rings is 2. The molecule has 1 unspecified atom stereocenters. The molecule has 0 saturated carbocycles. The van der Waals surface area contributed by atoms with Gasteiger partial charge >= 0.3 is 5.97 Å². The van der Waals surface area contributed by atoms with Crippen molar-refractivity contribution in [3.05, 3.63) is 59.7 Å². The van der Waals surface area contributed by atoms with Gasteiger partial charge in [0.25, 0.3) is 0 Å². The molecule has 0 aromatic heterocycles. The van der Waals surface area contributed by atoms with Crippen LogP contribution in [0.2, 0.25) is 0 Å². The number of ether oxygens (including phenoxy) is 2. The maximum absolute atomic E-state index is 13.6. The number of rotatable bonds is 12. The Bertz CT molecular complexity index is 781. The Morgan fingerprint density at radius 3 is 2.07 bits per heavy atom. The summed E-state index contributed by atoms with van der Waals surface area (Å²) in [5.41, 5.74) is 3.30. The number of fused-ring (bicyclic) bond motifs is 3. The molecular formula is C27H36O3. The summed E-state index contributed by atoms with van der Waals surface area (Å²) in [4.78, 5) is 13.6. The van der Waals surface area contributed by atoms with Crippen molar-refractivity contribution in [3.63, 3.8) is 0 Å². The summed E-state index contributed by atoms with van der Waals surface area (Å²) in [6, 6.07) is 16.3. The van der Waals surface area contributed by atoms with E-state index in [0.29, 0.717) is 12.5 Å². The van der Waals surface area contributed by atoms with Crippen molar-refractivity contribution in [2.75, 3.05) is 20.3 Å². The summed E-state index contributed by atoms with van der Waals surface area (Å²) >= 11 is 0. The summed E-state index contributed by atoms with van der Waals surface area (Å²) in [6.45, 7) is 5.20. The standard InChI is InChI=1S/C27H36O3/c1-4-6-7-8-9-14-21(5-2)19-30-26(28)27(20-29-3)24-17-12-10-15-22(24)23-16-11-13-18-25(23)27/h10-13,15-18,21H,4-9,14,19-20H2,1-3H3. The monoisotopic (exact) mass is 408 g/mol. The Morgan fingerprint density at radius 2 is 1.50 bits per heavy atom. The molecule has 1 atom stereocenters. The fourth-order valence-corrected chi connectivity index (χ4v) is 4.73. The van der Waals surface area contributed by atoms with Crippen LogP contribution in [0.1, 0.15) is 69.9 Å². The average Bonchev–Trinajstić information content (AvgIpc) is 3.07. The van der Waals surface area contributed by atoms with E-state index in [1.807, 2.05) is 36.4 Å². The zero-order chi connectivity index (χ0) is 21.4. The highest BCUT2D eigenvalue weighted by Crippen LogP contribution is 2.49. The summed E-state index contributed by atoms with van der Waals surface area (Å²) in [6.07, 6.45) is 8.52. The number of carbonyl (C=O) groups is 1. The summed E-state index contributed by atoms with van der Waals surface area (Å²) in [7, 11) is 1.66. The topological polar surface area (TPSA) is 35.5 Å². The molecule has 162 valence electrons. The maximum atomic E-state index is 13.6. The van der Waals surface area contributed by atoms with E-state index in [9.17, 15) is 4.79 Å². The Kier molecular flexibility index (Phi) is 8.09.